The molecule has 0 unspecified atom stereocenters. The van der Waals surface area contributed by atoms with Crippen molar-refractivity contribution in [2.24, 2.45) is 0 Å². The third-order valence-electron chi connectivity index (χ3n) is 2.70. The number of nitrogens with zero attached hydrogens (tertiary/aromatic N) is 1. The summed E-state index contributed by atoms with van der Waals surface area (Å²) in [6.07, 6.45) is 11.4. The topological polar surface area (TPSA) is 50.9 Å². The second-order valence-corrected chi connectivity index (χ2v) is 4.16. The molecule has 1 heterocycles. The van der Waals surface area contributed by atoms with E-state index >= 15 is 0 Å². The Morgan fingerprint density at radius 3 is 2.69 bits per heavy atom. The summed E-state index contributed by atoms with van der Waals surface area (Å²) in [6.45, 7) is 3.24. The maximum atomic E-state index is 5.78. The predicted octanol–water partition coefficient (Wildman–Crippen LogP) is 3.44. The number of hydrogen-bond acceptors (Lipinski definition) is 3. The SMILES string of the molecule is CCCCCCCCNc1ccncc1N. The van der Waals surface area contributed by atoms with E-state index in [1.54, 1.807) is 12.4 Å². The first kappa shape index (κ1) is 12.8. The van der Waals surface area contributed by atoms with Crippen molar-refractivity contribution in [3.8, 4) is 0 Å². The van der Waals surface area contributed by atoms with Crippen LogP contribution in [0.5, 0.6) is 0 Å². The second-order valence-electron chi connectivity index (χ2n) is 4.16. The molecule has 0 bridgehead atoms. The smallest absolute Gasteiger partial charge is 0.0736 e. The monoisotopic (exact) mass is 221 g/mol. The highest BCUT2D eigenvalue weighted by atomic mass is 14.9. The number of rotatable bonds is 8. The Hall–Kier alpha value is -1.25. The van der Waals surface area contributed by atoms with Crippen LogP contribution in [0.4, 0.5) is 11.4 Å². The molecular formula is C13H23N3. The Labute approximate surface area is 98.5 Å². The van der Waals surface area contributed by atoms with Gasteiger partial charge in [0, 0.05) is 12.7 Å². The summed E-state index contributed by atoms with van der Waals surface area (Å²) < 4.78 is 0. The normalized spacial score (nSPS) is 10.3. The zero-order chi connectivity index (χ0) is 11.6. The van der Waals surface area contributed by atoms with Gasteiger partial charge in [0.15, 0.2) is 0 Å². The molecule has 0 saturated heterocycles. The van der Waals surface area contributed by atoms with E-state index in [-0.39, 0.29) is 0 Å². The lowest BCUT2D eigenvalue weighted by Crippen LogP contribution is -2.04. The molecule has 0 aromatic carbocycles. The molecule has 3 heteroatoms. The lowest BCUT2D eigenvalue weighted by atomic mass is 10.1. The second kappa shape index (κ2) is 7.97. The molecule has 16 heavy (non-hydrogen) atoms. The molecule has 0 aliphatic heterocycles. The Morgan fingerprint density at radius 2 is 1.94 bits per heavy atom. The maximum Gasteiger partial charge on any atom is 0.0736 e. The van der Waals surface area contributed by atoms with E-state index in [1.165, 1.54) is 38.5 Å². The number of anilines is 2. The Balaban J connectivity index is 2.05. The van der Waals surface area contributed by atoms with Crippen LogP contribution in [-0.2, 0) is 0 Å². The fourth-order valence-electron chi connectivity index (χ4n) is 1.70. The first-order valence-electron chi connectivity index (χ1n) is 6.28. The average Bonchev–Trinajstić information content (AvgIpc) is 2.30. The maximum absolute atomic E-state index is 5.78. The van der Waals surface area contributed by atoms with Crippen molar-refractivity contribution in [1.29, 1.82) is 0 Å². The van der Waals surface area contributed by atoms with Crippen molar-refractivity contribution in [3.63, 3.8) is 0 Å². The molecule has 0 atom stereocenters. The summed E-state index contributed by atoms with van der Waals surface area (Å²) in [5.74, 6) is 0. The third kappa shape index (κ3) is 5.01. The number of nitrogen functional groups attached to an aromatic ring is 1. The first-order valence-corrected chi connectivity index (χ1v) is 6.28. The van der Waals surface area contributed by atoms with E-state index in [2.05, 4.69) is 17.2 Å². The molecule has 0 saturated carbocycles. The molecule has 3 N–H and O–H groups in total. The predicted molar refractivity (Wildman–Crippen MR) is 70.5 cm³/mol. The van der Waals surface area contributed by atoms with E-state index in [1.807, 2.05) is 6.07 Å². The van der Waals surface area contributed by atoms with Crippen LogP contribution in [0, 0.1) is 0 Å². The van der Waals surface area contributed by atoms with Gasteiger partial charge in [-0.2, -0.15) is 0 Å². The van der Waals surface area contributed by atoms with E-state index in [0.29, 0.717) is 0 Å². The van der Waals surface area contributed by atoms with Gasteiger partial charge in [-0.1, -0.05) is 39.0 Å². The van der Waals surface area contributed by atoms with Gasteiger partial charge in [-0.15, -0.1) is 0 Å². The quantitative estimate of drug-likeness (QED) is 0.661. The van der Waals surface area contributed by atoms with Gasteiger partial charge in [0.1, 0.15) is 0 Å². The molecule has 0 aliphatic carbocycles. The summed E-state index contributed by atoms with van der Waals surface area (Å²) in [5, 5.41) is 3.34. The van der Waals surface area contributed by atoms with E-state index in [0.717, 1.165) is 17.9 Å². The number of nitrogens with two attached hydrogens (primary N) is 1. The first-order chi connectivity index (χ1) is 7.84. The number of hydrogen-bond donors (Lipinski definition) is 2. The van der Waals surface area contributed by atoms with Crippen molar-refractivity contribution in [3.05, 3.63) is 18.5 Å². The van der Waals surface area contributed by atoms with Crippen LogP contribution in [0.15, 0.2) is 18.5 Å². The third-order valence-corrected chi connectivity index (χ3v) is 2.70. The highest BCUT2D eigenvalue weighted by Gasteiger charge is 1.96. The fraction of sp³-hybridized carbons (Fsp3) is 0.615. The van der Waals surface area contributed by atoms with Gasteiger partial charge in [0.2, 0.25) is 0 Å². The lowest BCUT2D eigenvalue weighted by molar-refractivity contribution is 0.617. The lowest BCUT2D eigenvalue weighted by Gasteiger charge is -2.08. The van der Waals surface area contributed by atoms with Crippen LogP contribution < -0.4 is 11.1 Å². The molecule has 1 rings (SSSR count). The Morgan fingerprint density at radius 1 is 1.19 bits per heavy atom. The molecule has 1 aromatic rings. The van der Waals surface area contributed by atoms with Gasteiger partial charge >= 0.3 is 0 Å². The molecule has 0 radical (unpaired) electrons. The summed E-state index contributed by atoms with van der Waals surface area (Å²) in [5.41, 5.74) is 7.51. The van der Waals surface area contributed by atoms with Gasteiger partial charge in [-0.25, -0.2) is 0 Å². The van der Waals surface area contributed by atoms with Gasteiger partial charge in [-0.05, 0) is 12.5 Å². The Bertz CT molecular complexity index is 286. The molecule has 3 nitrogen and oxygen atoms in total. The minimum Gasteiger partial charge on any atom is -0.396 e. The van der Waals surface area contributed by atoms with E-state index < -0.39 is 0 Å². The van der Waals surface area contributed by atoms with Crippen molar-refractivity contribution in [1.82, 2.24) is 4.98 Å². The van der Waals surface area contributed by atoms with Gasteiger partial charge in [0.25, 0.3) is 0 Å². The van der Waals surface area contributed by atoms with E-state index in [4.69, 9.17) is 5.73 Å². The van der Waals surface area contributed by atoms with Crippen molar-refractivity contribution >= 4 is 11.4 Å². The van der Waals surface area contributed by atoms with Crippen molar-refractivity contribution in [2.75, 3.05) is 17.6 Å². The zero-order valence-corrected chi connectivity index (χ0v) is 10.2. The summed E-state index contributed by atoms with van der Waals surface area (Å²) >= 11 is 0. The van der Waals surface area contributed by atoms with Crippen LogP contribution in [0.2, 0.25) is 0 Å². The minimum absolute atomic E-state index is 0.730. The molecule has 1 aromatic heterocycles. The van der Waals surface area contributed by atoms with Crippen LogP contribution in [0.3, 0.4) is 0 Å². The fourth-order valence-corrected chi connectivity index (χ4v) is 1.70. The molecule has 0 aliphatic rings. The molecule has 0 spiro atoms. The van der Waals surface area contributed by atoms with Crippen LogP contribution in [0.25, 0.3) is 0 Å². The van der Waals surface area contributed by atoms with Crippen LogP contribution in [0.1, 0.15) is 45.4 Å². The summed E-state index contributed by atoms with van der Waals surface area (Å²) in [4.78, 5) is 3.96. The summed E-state index contributed by atoms with van der Waals surface area (Å²) in [7, 11) is 0. The number of aromatic nitrogens is 1. The highest BCUT2D eigenvalue weighted by molar-refractivity contribution is 5.63. The number of unbranched alkanes of at least 4 members (excludes halogenated alkanes) is 5. The highest BCUT2D eigenvalue weighted by Crippen LogP contribution is 2.15. The minimum atomic E-state index is 0.730. The number of nitrogens with one attached hydrogen (secondary N) is 1. The van der Waals surface area contributed by atoms with Crippen LogP contribution in [-0.4, -0.2) is 11.5 Å². The largest absolute Gasteiger partial charge is 0.396 e. The standard InChI is InChI=1S/C13H23N3/c1-2-3-4-5-6-7-9-16-13-8-10-15-11-12(13)14/h8,10-11H,2-7,9,14H2,1H3,(H,15,16). The van der Waals surface area contributed by atoms with Crippen molar-refractivity contribution < 1.29 is 0 Å². The van der Waals surface area contributed by atoms with E-state index in [9.17, 15) is 0 Å². The molecular weight excluding hydrogens is 198 g/mol. The number of pyridine rings is 1. The molecule has 0 fully saturated rings. The van der Waals surface area contributed by atoms with Crippen molar-refractivity contribution in [2.45, 2.75) is 45.4 Å². The van der Waals surface area contributed by atoms with Crippen LogP contribution >= 0.6 is 0 Å². The Kier molecular flexibility index (Phi) is 6.38. The zero-order valence-electron chi connectivity index (χ0n) is 10.2. The molecule has 0 amide bonds. The summed E-state index contributed by atoms with van der Waals surface area (Å²) in [6, 6.07) is 1.92. The van der Waals surface area contributed by atoms with Gasteiger partial charge < -0.3 is 11.1 Å². The van der Waals surface area contributed by atoms with Gasteiger partial charge in [0.05, 0.1) is 17.6 Å². The van der Waals surface area contributed by atoms with Gasteiger partial charge in [-0.3, -0.25) is 4.98 Å². The average molecular weight is 221 g/mol. The molecule has 90 valence electrons.